The Hall–Kier alpha value is -1.73. The SMILES string of the molecule is N[C@@H](CCP(=O)(O)C(O)c1ccc(C(=O)O)cc1)C(=O)O. The van der Waals surface area contributed by atoms with Crippen LogP contribution in [0.1, 0.15) is 28.2 Å². The number of aliphatic hydroxyl groups excluding tert-OH is 1. The van der Waals surface area contributed by atoms with Crippen LogP contribution in [0.2, 0.25) is 0 Å². The van der Waals surface area contributed by atoms with Gasteiger partial charge in [0.25, 0.3) is 0 Å². The fourth-order valence-electron chi connectivity index (χ4n) is 1.60. The number of rotatable bonds is 7. The number of nitrogens with two attached hydrogens (primary N) is 1. The zero-order valence-corrected chi connectivity index (χ0v) is 11.8. The van der Waals surface area contributed by atoms with Crippen LogP contribution in [0.4, 0.5) is 0 Å². The van der Waals surface area contributed by atoms with Gasteiger partial charge < -0.3 is 25.9 Å². The summed E-state index contributed by atoms with van der Waals surface area (Å²) in [6, 6.07) is 3.57. The average molecular weight is 317 g/mol. The minimum atomic E-state index is -4.07. The van der Waals surface area contributed by atoms with Crippen LogP contribution in [0.5, 0.6) is 0 Å². The van der Waals surface area contributed by atoms with Crippen molar-refractivity contribution in [3.63, 3.8) is 0 Å². The maximum Gasteiger partial charge on any atom is 0.335 e. The van der Waals surface area contributed by atoms with E-state index in [0.717, 1.165) is 0 Å². The Balaban J connectivity index is 2.80. The number of hydrogen-bond donors (Lipinski definition) is 5. The molecule has 0 saturated carbocycles. The van der Waals surface area contributed by atoms with Crippen LogP contribution >= 0.6 is 7.37 Å². The monoisotopic (exact) mass is 317 g/mol. The number of benzene rings is 1. The highest BCUT2D eigenvalue weighted by Crippen LogP contribution is 2.54. The minimum Gasteiger partial charge on any atom is -0.480 e. The van der Waals surface area contributed by atoms with Crippen LogP contribution in [-0.2, 0) is 9.36 Å². The molecule has 1 aromatic rings. The van der Waals surface area contributed by atoms with E-state index >= 15 is 0 Å². The first-order valence-electron chi connectivity index (χ1n) is 5.96. The van der Waals surface area contributed by atoms with E-state index in [2.05, 4.69) is 0 Å². The van der Waals surface area contributed by atoms with Gasteiger partial charge in [-0.25, -0.2) is 4.79 Å². The predicted octanol–water partition coefficient (Wildman–Crippen LogP) is 0.448. The van der Waals surface area contributed by atoms with E-state index in [1.807, 2.05) is 0 Å². The van der Waals surface area contributed by atoms with Gasteiger partial charge in [0.05, 0.1) is 5.56 Å². The van der Waals surface area contributed by atoms with Gasteiger partial charge in [-0.1, -0.05) is 12.1 Å². The van der Waals surface area contributed by atoms with Crippen LogP contribution in [0.3, 0.4) is 0 Å². The van der Waals surface area contributed by atoms with Crippen molar-refractivity contribution in [1.82, 2.24) is 0 Å². The summed E-state index contributed by atoms with van der Waals surface area (Å²) >= 11 is 0. The first-order valence-corrected chi connectivity index (χ1v) is 7.87. The van der Waals surface area contributed by atoms with E-state index in [1.54, 1.807) is 0 Å². The molecule has 0 fully saturated rings. The number of carboxylic acids is 2. The highest BCUT2D eigenvalue weighted by Gasteiger charge is 2.31. The normalized spacial score (nSPS) is 16.7. The van der Waals surface area contributed by atoms with Gasteiger partial charge in [0.2, 0.25) is 7.37 Å². The second-order valence-corrected chi connectivity index (χ2v) is 6.96. The van der Waals surface area contributed by atoms with Crippen molar-refractivity contribution >= 4 is 19.3 Å². The molecule has 9 heteroatoms. The minimum absolute atomic E-state index is 0.0216. The van der Waals surface area contributed by atoms with Crippen LogP contribution in [0.25, 0.3) is 0 Å². The molecule has 116 valence electrons. The molecule has 0 bridgehead atoms. The summed E-state index contributed by atoms with van der Waals surface area (Å²) in [4.78, 5) is 31.0. The van der Waals surface area contributed by atoms with Crippen LogP contribution in [0.15, 0.2) is 24.3 Å². The number of aliphatic hydroxyl groups is 1. The first kappa shape index (κ1) is 17.3. The van der Waals surface area contributed by atoms with Crippen molar-refractivity contribution in [3.8, 4) is 0 Å². The van der Waals surface area contributed by atoms with E-state index in [0.29, 0.717) is 0 Å². The van der Waals surface area contributed by atoms with Crippen molar-refractivity contribution in [2.24, 2.45) is 5.73 Å². The summed E-state index contributed by atoms with van der Waals surface area (Å²) in [5.74, 6) is -4.17. The molecule has 0 aliphatic carbocycles. The standard InChI is InChI=1S/C12H16NO7P/c13-9(11(16)17)5-6-21(19,20)12(18)8-3-1-7(2-4-8)10(14)15/h1-4,9,12,18H,5-6,13H2,(H,14,15)(H,16,17)(H,19,20)/t9-,12?/m0/s1. The third-order valence-electron chi connectivity index (χ3n) is 2.92. The van der Waals surface area contributed by atoms with E-state index in [4.69, 9.17) is 15.9 Å². The molecule has 3 atom stereocenters. The van der Waals surface area contributed by atoms with E-state index in [1.165, 1.54) is 24.3 Å². The molecule has 8 nitrogen and oxygen atoms in total. The fraction of sp³-hybridized carbons (Fsp3) is 0.333. The molecule has 2 unspecified atom stereocenters. The summed E-state index contributed by atoms with van der Waals surface area (Å²) in [6.07, 6.45) is -0.713. The predicted molar refractivity (Wildman–Crippen MR) is 73.3 cm³/mol. The summed E-state index contributed by atoms with van der Waals surface area (Å²) < 4.78 is 12.0. The topological polar surface area (TPSA) is 158 Å². The lowest BCUT2D eigenvalue weighted by atomic mass is 10.1. The lowest BCUT2D eigenvalue weighted by Gasteiger charge is -2.19. The third-order valence-corrected chi connectivity index (χ3v) is 4.88. The molecular weight excluding hydrogens is 301 g/mol. The van der Waals surface area contributed by atoms with Gasteiger partial charge in [-0.15, -0.1) is 0 Å². The van der Waals surface area contributed by atoms with Gasteiger partial charge in [0.15, 0.2) is 5.85 Å². The van der Waals surface area contributed by atoms with Crippen molar-refractivity contribution in [3.05, 3.63) is 35.4 Å². The maximum atomic E-state index is 12.0. The largest absolute Gasteiger partial charge is 0.480 e. The van der Waals surface area contributed by atoms with Crippen LogP contribution in [0, 0.1) is 0 Å². The summed E-state index contributed by atoms with van der Waals surface area (Å²) in [7, 11) is -4.07. The molecule has 1 rings (SSSR count). The number of hydrogen-bond acceptors (Lipinski definition) is 5. The first-order chi connectivity index (χ1) is 9.65. The van der Waals surface area contributed by atoms with Gasteiger partial charge in [-0.2, -0.15) is 0 Å². The molecule has 0 saturated heterocycles. The Bertz CT molecular complexity index is 571. The Morgan fingerprint density at radius 2 is 1.71 bits per heavy atom. The molecule has 6 N–H and O–H groups in total. The zero-order chi connectivity index (χ0) is 16.2. The molecule has 0 spiro atoms. The Labute approximate surface area is 120 Å². The van der Waals surface area contributed by atoms with Crippen molar-refractivity contribution < 1.29 is 34.4 Å². The molecule has 0 aliphatic heterocycles. The summed E-state index contributed by atoms with van der Waals surface area (Å²) in [5, 5.41) is 27.2. The van der Waals surface area contributed by atoms with E-state index in [9.17, 15) is 24.2 Å². The summed E-state index contributed by atoms with van der Waals surface area (Å²) in [6.45, 7) is 0. The molecule has 0 aliphatic rings. The smallest absolute Gasteiger partial charge is 0.335 e. The van der Waals surface area contributed by atoms with Crippen molar-refractivity contribution in [2.45, 2.75) is 18.3 Å². The molecule has 21 heavy (non-hydrogen) atoms. The molecule has 0 aromatic heterocycles. The lowest BCUT2D eigenvalue weighted by Crippen LogP contribution is -2.31. The van der Waals surface area contributed by atoms with Crippen molar-refractivity contribution in [1.29, 1.82) is 0 Å². The molecule has 0 heterocycles. The van der Waals surface area contributed by atoms with Gasteiger partial charge in [0.1, 0.15) is 6.04 Å². The summed E-state index contributed by atoms with van der Waals surface area (Å²) in [5.41, 5.74) is 5.29. The average Bonchev–Trinajstić information content (AvgIpc) is 2.43. The second kappa shape index (κ2) is 6.82. The maximum absolute atomic E-state index is 12.0. The van der Waals surface area contributed by atoms with Crippen LogP contribution in [-0.4, -0.2) is 44.4 Å². The lowest BCUT2D eigenvalue weighted by molar-refractivity contribution is -0.138. The highest BCUT2D eigenvalue weighted by molar-refractivity contribution is 7.58. The molecule has 1 aromatic carbocycles. The third kappa shape index (κ3) is 4.64. The Morgan fingerprint density at radius 1 is 1.19 bits per heavy atom. The number of aliphatic carboxylic acids is 1. The molecule has 0 radical (unpaired) electrons. The number of aromatic carboxylic acids is 1. The quantitative estimate of drug-likeness (QED) is 0.453. The fourth-order valence-corrected chi connectivity index (χ4v) is 3.13. The van der Waals surface area contributed by atoms with Gasteiger partial charge in [-0.05, 0) is 24.1 Å². The Kier molecular flexibility index (Phi) is 5.62. The zero-order valence-electron chi connectivity index (χ0n) is 10.9. The van der Waals surface area contributed by atoms with Gasteiger partial charge >= 0.3 is 11.9 Å². The van der Waals surface area contributed by atoms with E-state index in [-0.39, 0.29) is 17.5 Å². The highest BCUT2D eigenvalue weighted by atomic mass is 31.2. The van der Waals surface area contributed by atoms with Gasteiger partial charge in [-0.3, -0.25) is 9.36 Å². The van der Waals surface area contributed by atoms with Crippen LogP contribution < -0.4 is 5.73 Å². The molecule has 0 amide bonds. The van der Waals surface area contributed by atoms with Crippen molar-refractivity contribution in [2.75, 3.05) is 6.16 Å². The number of carboxylic acid groups (broad SMARTS) is 2. The number of carbonyl (C=O) groups is 2. The second-order valence-electron chi connectivity index (χ2n) is 4.51. The Morgan fingerprint density at radius 3 is 2.14 bits per heavy atom. The van der Waals surface area contributed by atoms with E-state index < -0.39 is 37.4 Å². The molecular formula is C12H16NO7P. The van der Waals surface area contributed by atoms with Gasteiger partial charge in [0, 0.05) is 6.16 Å².